The van der Waals surface area contributed by atoms with Crippen molar-refractivity contribution in [3.05, 3.63) is 10.9 Å². The van der Waals surface area contributed by atoms with Crippen molar-refractivity contribution in [2.45, 2.75) is 6.92 Å². The Morgan fingerprint density at radius 3 is 2.68 bits per heavy atom. The van der Waals surface area contributed by atoms with Crippen LogP contribution in [0.25, 0.3) is 0 Å². The summed E-state index contributed by atoms with van der Waals surface area (Å²) in [5.41, 5.74) is 6.39. The van der Waals surface area contributed by atoms with Gasteiger partial charge in [-0.15, -0.1) is 11.3 Å². The van der Waals surface area contributed by atoms with Gasteiger partial charge in [0.05, 0.1) is 15.6 Å². The van der Waals surface area contributed by atoms with Crippen LogP contribution >= 0.6 is 11.3 Å². The molecule has 6 heteroatoms. The lowest BCUT2D eigenvalue weighted by Gasteiger charge is -2.32. The standard InChI is InChI=1S/C13H22N4OS/c1-10(18)13-11(14)9-12(19-13)15-3-4-17-7-5-16(2)6-8-17/h9,15H,3-8,14H2,1-2H3. The van der Waals surface area contributed by atoms with E-state index in [1.807, 2.05) is 6.07 Å². The van der Waals surface area contributed by atoms with Crippen LogP contribution in [0.3, 0.4) is 0 Å². The number of likely N-dealkylation sites (N-methyl/N-ethyl adjacent to an activating group) is 1. The van der Waals surface area contributed by atoms with Gasteiger partial charge in [-0.25, -0.2) is 0 Å². The molecule has 1 aliphatic rings. The van der Waals surface area contributed by atoms with Crippen LogP contribution in [0.1, 0.15) is 16.6 Å². The lowest BCUT2D eigenvalue weighted by molar-refractivity contribution is 0.102. The summed E-state index contributed by atoms with van der Waals surface area (Å²) in [6.07, 6.45) is 0. The number of nitrogens with one attached hydrogen (secondary N) is 1. The van der Waals surface area contributed by atoms with E-state index in [1.54, 1.807) is 6.92 Å². The molecule has 2 heterocycles. The number of carbonyl (C=O) groups is 1. The minimum absolute atomic E-state index is 0.0367. The van der Waals surface area contributed by atoms with E-state index in [-0.39, 0.29) is 5.78 Å². The van der Waals surface area contributed by atoms with E-state index in [0.717, 1.165) is 44.3 Å². The van der Waals surface area contributed by atoms with E-state index in [4.69, 9.17) is 5.73 Å². The zero-order valence-electron chi connectivity index (χ0n) is 11.6. The minimum atomic E-state index is 0.0367. The predicted molar refractivity (Wildman–Crippen MR) is 81.2 cm³/mol. The van der Waals surface area contributed by atoms with Gasteiger partial charge in [0.15, 0.2) is 5.78 Å². The third-order valence-electron chi connectivity index (χ3n) is 3.40. The van der Waals surface area contributed by atoms with Gasteiger partial charge in [0.2, 0.25) is 0 Å². The molecule has 0 spiro atoms. The van der Waals surface area contributed by atoms with Crippen molar-refractivity contribution in [2.24, 2.45) is 0 Å². The average molecular weight is 282 g/mol. The number of anilines is 2. The molecule has 3 N–H and O–H groups in total. The Morgan fingerprint density at radius 1 is 1.42 bits per heavy atom. The smallest absolute Gasteiger partial charge is 0.171 e. The third kappa shape index (κ3) is 3.92. The van der Waals surface area contributed by atoms with E-state index >= 15 is 0 Å². The molecule has 0 saturated carbocycles. The van der Waals surface area contributed by atoms with Crippen LogP contribution in [0, 0.1) is 0 Å². The molecule has 0 amide bonds. The zero-order valence-corrected chi connectivity index (χ0v) is 12.4. The highest BCUT2D eigenvalue weighted by atomic mass is 32.1. The molecule has 0 aromatic carbocycles. The van der Waals surface area contributed by atoms with Crippen LogP contribution in [-0.2, 0) is 0 Å². The number of thiophene rings is 1. The normalized spacial score (nSPS) is 17.6. The fourth-order valence-corrected chi connectivity index (χ4v) is 3.08. The van der Waals surface area contributed by atoms with Crippen LogP contribution in [0.5, 0.6) is 0 Å². The molecule has 106 valence electrons. The Balaban J connectivity index is 1.76. The van der Waals surface area contributed by atoms with E-state index in [2.05, 4.69) is 22.2 Å². The number of nitrogens with zero attached hydrogens (tertiary/aromatic N) is 2. The Bertz CT molecular complexity index is 438. The lowest BCUT2D eigenvalue weighted by Crippen LogP contribution is -2.45. The third-order valence-corrected chi connectivity index (χ3v) is 4.61. The van der Waals surface area contributed by atoms with Crippen molar-refractivity contribution in [3.8, 4) is 0 Å². The number of nitrogen functional groups attached to an aromatic ring is 1. The first-order chi connectivity index (χ1) is 9.06. The summed E-state index contributed by atoms with van der Waals surface area (Å²) in [5, 5.41) is 4.33. The summed E-state index contributed by atoms with van der Waals surface area (Å²) < 4.78 is 0. The van der Waals surface area contributed by atoms with Gasteiger partial charge in [-0.2, -0.15) is 0 Å². The van der Waals surface area contributed by atoms with E-state index in [1.165, 1.54) is 11.3 Å². The summed E-state index contributed by atoms with van der Waals surface area (Å²) in [6.45, 7) is 8.01. The zero-order chi connectivity index (χ0) is 13.8. The van der Waals surface area contributed by atoms with Gasteiger partial charge in [-0.3, -0.25) is 9.69 Å². The molecule has 0 unspecified atom stereocenters. The van der Waals surface area contributed by atoms with Crippen molar-refractivity contribution >= 4 is 27.8 Å². The lowest BCUT2D eigenvalue weighted by atomic mass is 10.3. The first-order valence-electron chi connectivity index (χ1n) is 6.61. The van der Waals surface area contributed by atoms with Gasteiger partial charge < -0.3 is 16.0 Å². The van der Waals surface area contributed by atoms with Crippen LogP contribution in [-0.4, -0.2) is 61.9 Å². The van der Waals surface area contributed by atoms with Gasteiger partial charge >= 0.3 is 0 Å². The van der Waals surface area contributed by atoms with E-state index in [0.29, 0.717) is 10.6 Å². The number of hydrogen-bond donors (Lipinski definition) is 2. The highest BCUT2D eigenvalue weighted by Crippen LogP contribution is 2.29. The van der Waals surface area contributed by atoms with Crippen LogP contribution in [0.2, 0.25) is 0 Å². The number of nitrogens with two attached hydrogens (primary N) is 1. The molecule has 5 nitrogen and oxygen atoms in total. The molecule has 0 radical (unpaired) electrons. The van der Waals surface area contributed by atoms with Crippen molar-refractivity contribution in [2.75, 3.05) is 57.4 Å². The molecule has 1 fully saturated rings. The first-order valence-corrected chi connectivity index (χ1v) is 7.43. The summed E-state index contributed by atoms with van der Waals surface area (Å²) in [5.74, 6) is 0.0367. The van der Waals surface area contributed by atoms with Gasteiger partial charge in [0, 0.05) is 46.2 Å². The topological polar surface area (TPSA) is 61.6 Å². The van der Waals surface area contributed by atoms with E-state index in [9.17, 15) is 4.79 Å². The Morgan fingerprint density at radius 2 is 2.11 bits per heavy atom. The molecule has 0 bridgehead atoms. The Hall–Kier alpha value is -1.11. The minimum Gasteiger partial charge on any atom is -0.397 e. The SMILES string of the molecule is CC(=O)c1sc(NCCN2CCN(C)CC2)cc1N. The maximum Gasteiger partial charge on any atom is 0.171 e. The molecular weight excluding hydrogens is 260 g/mol. The highest BCUT2D eigenvalue weighted by molar-refractivity contribution is 7.18. The largest absolute Gasteiger partial charge is 0.397 e. The number of hydrogen-bond acceptors (Lipinski definition) is 6. The van der Waals surface area contributed by atoms with Gasteiger partial charge in [-0.05, 0) is 13.1 Å². The summed E-state index contributed by atoms with van der Waals surface area (Å²) in [6, 6.07) is 1.85. The van der Waals surface area contributed by atoms with Crippen molar-refractivity contribution in [1.82, 2.24) is 9.80 Å². The number of carbonyl (C=O) groups excluding carboxylic acids is 1. The molecule has 0 atom stereocenters. The molecule has 1 saturated heterocycles. The Kier molecular flexibility index (Phi) is 4.79. The van der Waals surface area contributed by atoms with Crippen LogP contribution in [0.15, 0.2) is 6.07 Å². The maximum absolute atomic E-state index is 11.3. The van der Waals surface area contributed by atoms with Crippen LogP contribution < -0.4 is 11.1 Å². The number of piperazine rings is 1. The second kappa shape index (κ2) is 6.36. The predicted octanol–water partition coefficient (Wildman–Crippen LogP) is 1.19. The average Bonchev–Trinajstić information content (AvgIpc) is 2.73. The molecular formula is C13H22N4OS. The van der Waals surface area contributed by atoms with Crippen molar-refractivity contribution < 1.29 is 4.79 Å². The number of rotatable bonds is 5. The molecule has 19 heavy (non-hydrogen) atoms. The molecule has 1 aliphatic heterocycles. The first kappa shape index (κ1) is 14.3. The van der Waals surface area contributed by atoms with Gasteiger partial charge in [-0.1, -0.05) is 0 Å². The number of ketones is 1. The maximum atomic E-state index is 11.3. The second-order valence-corrected chi connectivity index (χ2v) is 6.08. The van der Waals surface area contributed by atoms with Crippen molar-refractivity contribution in [1.29, 1.82) is 0 Å². The summed E-state index contributed by atoms with van der Waals surface area (Å²) in [7, 11) is 2.16. The molecule has 1 aromatic rings. The van der Waals surface area contributed by atoms with Gasteiger partial charge in [0.25, 0.3) is 0 Å². The highest BCUT2D eigenvalue weighted by Gasteiger charge is 2.13. The van der Waals surface area contributed by atoms with Crippen LogP contribution in [0.4, 0.5) is 10.7 Å². The van der Waals surface area contributed by atoms with Crippen molar-refractivity contribution in [3.63, 3.8) is 0 Å². The number of Topliss-reactive ketones (excluding diaryl/α,β-unsaturated/α-hetero) is 1. The Labute approximate surface area is 118 Å². The molecule has 2 rings (SSSR count). The second-order valence-electron chi connectivity index (χ2n) is 5.02. The summed E-state index contributed by atoms with van der Waals surface area (Å²) in [4.78, 5) is 16.8. The summed E-state index contributed by atoms with van der Waals surface area (Å²) >= 11 is 1.44. The van der Waals surface area contributed by atoms with E-state index < -0.39 is 0 Å². The monoisotopic (exact) mass is 282 g/mol. The molecule has 0 aliphatic carbocycles. The quantitative estimate of drug-likeness (QED) is 0.795. The fourth-order valence-electron chi connectivity index (χ4n) is 2.18. The van der Waals surface area contributed by atoms with Gasteiger partial charge in [0.1, 0.15) is 0 Å². The fraction of sp³-hybridized carbons (Fsp3) is 0.615. The molecule has 1 aromatic heterocycles.